The molecule has 53 heavy (non-hydrogen) atoms. The highest BCUT2D eigenvalue weighted by atomic mass is 16.7. The molecule has 1 saturated heterocycles. The lowest BCUT2D eigenvalue weighted by Gasteiger charge is -2.51. The number of hydrogen-bond donors (Lipinski definition) is 0. The topological polar surface area (TPSA) is 55.4 Å². The number of aryl methyl sites for hydroxylation is 1. The number of benzene rings is 6. The molecule has 6 aromatic rings. The van der Waals surface area contributed by atoms with E-state index in [1.54, 1.807) is 0 Å². The van der Waals surface area contributed by atoms with Crippen LogP contribution in [0.4, 0.5) is 0 Å². The van der Waals surface area contributed by atoms with Crippen LogP contribution in [0.25, 0.3) is 10.8 Å². The van der Waals surface area contributed by atoms with E-state index in [2.05, 4.69) is 85.8 Å². The fourth-order valence-corrected chi connectivity index (χ4v) is 7.70. The lowest BCUT2D eigenvalue weighted by Crippen LogP contribution is -2.65. The summed E-state index contributed by atoms with van der Waals surface area (Å²) in [6.07, 6.45) is -1.45. The first-order valence-electron chi connectivity index (χ1n) is 18.7. The maximum Gasteiger partial charge on any atom is 0.226 e. The highest BCUT2D eigenvalue weighted by Crippen LogP contribution is 2.50. The Morgan fingerprint density at radius 1 is 0.547 bits per heavy atom. The van der Waals surface area contributed by atoms with E-state index >= 15 is 0 Å². The van der Waals surface area contributed by atoms with Crippen LogP contribution in [0.2, 0.25) is 0 Å². The number of hydrogen-bond acceptors (Lipinski definition) is 6. The SMILES string of the molecule is CCc1cccc2c3c(ccc12)[C@]1(OC3)O[C@H](COCc2ccccc2)[C@@H](OCc2ccccc2)[C@H](OCc2ccccc2)[C@H]1OCc1ccccc1. The largest absolute Gasteiger partial charge is 0.374 e. The predicted molar refractivity (Wildman–Crippen MR) is 206 cm³/mol. The van der Waals surface area contributed by atoms with Gasteiger partial charge in [-0.05, 0) is 50.6 Å². The van der Waals surface area contributed by atoms with Gasteiger partial charge in [0.15, 0.2) is 0 Å². The maximum absolute atomic E-state index is 7.31. The third-order valence-electron chi connectivity index (χ3n) is 10.4. The van der Waals surface area contributed by atoms with Gasteiger partial charge in [-0.2, -0.15) is 0 Å². The molecule has 0 unspecified atom stereocenters. The van der Waals surface area contributed by atoms with E-state index in [0.29, 0.717) is 33.0 Å². The van der Waals surface area contributed by atoms with Crippen molar-refractivity contribution in [2.24, 2.45) is 0 Å². The minimum absolute atomic E-state index is 0.263. The van der Waals surface area contributed by atoms with Crippen molar-refractivity contribution in [1.29, 1.82) is 0 Å². The minimum Gasteiger partial charge on any atom is -0.374 e. The van der Waals surface area contributed by atoms with Gasteiger partial charge in [-0.1, -0.05) is 159 Å². The molecular weight excluding hydrogens is 661 g/mol. The van der Waals surface area contributed by atoms with Crippen LogP contribution < -0.4 is 0 Å². The molecule has 6 nitrogen and oxygen atoms in total. The van der Waals surface area contributed by atoms with Crippen LogP contribution in [0, 0.1) is 0 Å². The average molecular weight is 707 g/mol. The van der Waals surface area contributed by atoms with Gasteiger partial charge >= 0.3 is 0 Å². The highest BCUT2D eigenvalue weighted by Gasteiger charge is 2.61. The molecule has 0 aliphatic carbocycles. The van der Waals surface area contributed by atoms with Crippen LogP contribution >= 0.6 is 0 Å². The van der Waals surface area contributed by atoms with Gasteiger partial charge in [-0.15, -0.1) is 0 Å². The monoisotopic (exact) mass is 706 g/mol. The lowest BCUT2D eigenvalue weighted by atomic mass is 9.85. The van der Waals surface area contributed by atoms with E-state index in [1.165, 1.54) is 16.3 Å². The third-order valence-corrected chi connectivity index (χ3v) is 10.4. The molecule has 1 spiro atoms. The van der Waals surface area contributed by atoms with Gasteiger partial charge in [0.25, 0.3) is 0 Å². The second-order valence-electron chi connectivity index (χ2n) is 13.8. The molecule has 0 radical (unpaired) electrons. The first-order valence-corrected chi connectivity index (χ1v) is 18.7. The fraction of sp³-hybridized carbons (Fsp3) is 0.277. The number of rotatable bonds is 14. The Morgan fingerprint density at radius 3 is 1.68 bits per heavy atom. The standard InChI is InChI=1S/C47H46O6/c1-2-38-24-15-25-40-39(38)26-27-42-41(40)32-52-47(42)46(51-31-37-22-13-6-14-23-37)45(50-30-36-20-11-5-12-21-36)44(49-29-35-18-9-4-10-19-35)43(53-47)33-48-28-34-16-7-3-8-17-34/h3-27,43-46H,2,28-33H2,1H3/t43-,44-,45+,46-,47+/m1/s1. The number of ether oxygens (including phenoxy) is 6. The van der Waals surface area contributed by atoms with E-state index in [9.17, 15) is 0 Å². The first-order chi connectivity index (χ1) is 26.2. The van der Waals surface area contributed by atoms with E-state index in [0.717, 1.165) is 39.8 Å². The molecule has 0 saturated carbocycles. The molecule has 8 rings (SSSR count). The van der Waals surface area contributed by atoms with Crippen molar-refractivity contribution >= 4 is 10.8 Å². The van der Waals surface area contributed by atoms with Gasteiger partial charge in [0.2, 0.25) is 5.79 Å². The van der Waals surface area contributed by atoms with E-state index in [4.69, 9.17) is 28.4 Å². The Morgan fingerprint density at radius 2 is 1.09 bits per heavy atom. The summed E-state index contributed by atoms with van der Waals surface area (Å²) in [6, 6.07) is 51.7. The summed E-state index contributed by atoms with van der Waals surface area (Å²) in [7, 11) is 0. The average Bonchev–Trinajstić information content (AvgIpc) is 3.59. The van der Waals surface area contributed by atoms with Crippen molar-refractivity contribution in [2.75, 3.05) is 6.61 Å². The Bertz CT molecular complexity index is 2060. The molecular formula is C47H46O6. The summed E-state index contributed by atoms with van der Waals surface area (Å²) in [6.45, 7) is 4.35. The van der Waals surface area contributed by atoms with Crippen molar-refractivity contribution in [3.63, 3.8) is 0 Å². The molecule has 2 aliphatic rings. The summed E-state index contributed by atoms with van der Waals surface area (Å²) >= 11 is 0. The van der Waals surface area contributed by atoms with Gasteiger partial charge in [-0.25, -0.2) is 0 Å². The molecule has 0 amide bonds. The quantitative estimate of drug-likeness (QED) is 0.113. The molecule has 2 aliphatic heterocycles. The molecule has 270 valence electrons. The minimum atomic E-state index is -1.28. The molecule has 2 heterocycles. The third kappa shape index (κ3) is 7.71. The van der Waals surface area contributed by atoms with Gasteiger partial charge in [0.1, 0.15) is 24.4 Å². The maximum atomic E-state index is 7.31. The van der Waals surface area contributed by atoms with Crippen LogP contribution in [-0.2, 0) is 73.7 Å². The van der Waals surface area contributed by atoms with Crippen molar-refractivity contribution in [1.82, 2.24) is 0 Å². The van der Waals surface area contributed by atoms with E-state index in [-0.39, 0.29) is 6.61 Å². The second kappa shape index (κ2) is 16.6. The molecule has 1 fully saturated rings. The molecule has 6 aromatic carbocycles. The summed E-state index contributed by atoms with van der Waals surface area (Å²) < 4.78 is 41.7. The first kappa shape index (κ1) is 35.4. The lowest BCUT2D eigenvalue weighted by molar-refractivity contribution is -0.387. The van der Waals surface area contributed by atoms with E-state index < -0.39 is 30.2 Å². The van der Waals surface area contributed by atoms with E-state index in [1.807, 2.05) is 72.8 Å². The Hall–Kier alpha value is -4.66. The zero-order chi connectivity index (χ0) is 35.9. The molecule has 6 heteroatoms. The smallest absolute Gasteiger partial charge is 0.226 e. The molecule has 0 aromatic heterocycles. The predicted octanol–water partition coefficient (Wildman–Crippen LogP) is 9.46. The van der Waals surface area contributed by atoms with Crippen LogP contribution in [0.5, 0.6) is 0 Å². The van der Waals surface area contributed by atoms with Crippen LogP contribution in [0.3, 0.4) is 0 Å². The summed E-state index contributed by atoms with van der Waals surface area (Å²) in [4.78, 5) is 0. The van der Waals surface area contributed by atoms with Crippen LogP contribution in [0.15, 0.2) is 152 Å². The Kier molecular flexibility index (Phi) is 11.1. The van der Waals surface area contributed by atoms with Crippen LogP contribution in [-0.4, -0.2) is 31.0 Å². The van der Waals surface area contributed by atoms with Crippen molar-refractivity contribution < 1.29 is 28.4 Å². The summed E-state index contributed by atoms with van der Waals surface area (Å²) in [5, 5.41) is 2.40. The van der Waals surface area contributed by atoms with Gasteiger partial charge in [0.05, 0.1) is 39.6 Å². The Balaban J connectivity index is 1.22. The normalized spacial score (nSPS) is 22.3. The highest BCUT2D eigenvalue weighted by molar-refractivity contribution is 5.90. The second-order valence-corrected chi connectivity index (χ2v) is 13.8. The van der Waals surface area contributed by atoms with Gasteiger partial charge in [0, 0.05) is 5.56 Å². The molecule has 5 atom stereocenters. The Labute approximate surface area is 312 Å². The summed E-state index contributed by atoms with van der Waals surface area (Å²) in [5.41, 5.74) is 7.61. The van der Waals surface area contributed by atoms with Gasteiger partial charge in [-0.3, -0.25) is 0 Å². The number of fused-ring (bicyclic) bond motifs is 4. The summed E-state index contributed by atoms with van der Waals surface area (Å²) in [5.74, 6) is -1.28. The van der Waals surface area contributed by atoms with Gasteiger partial charge < -0.3 is 28.4 Å². The zero-order valence-corrected chi connectivity index (χ0v) is 30.1. The zero-order valence-electron chi connectivity index (χ0n) is 30.1. The van der Waals surface area contributed by atoms with Crippen molar-refractivity contribution in [3.8, 4) is 0 Å². The van der Waals surface area contributed by atoms with Crippen molar-refractivity contribution in [2.45, 2.75) is 76.6 Å². The van der Waals surface area contributed by atoms with Crippen LogP contribution in [0.1, 0.15) is 45.9 Å². The molecule has 0 bridgehead atoms. The van der Waals surface area contributed by atoms with Crippen molar-refractivity contribution in [3.05, 3.63) is 191 Å². The molecule has 0 N–H and O–H groups in total. The fourth-order valence-electron chi connectivity index (χ4n) is 7.70.